The third kappa shape index (κ3) is 3.64. The van der Waals surface area contributed by atoms with Crippen molar-refractivity contribution in [3.8, 4) is 0 Å². The normalized spacial score (nSPS) is 16.6. The molecule has 1 aromatic carbocycles. The first-order chi connectivity index (χ1) is 15.2. The van der Waals surface area contributed by atoms with Gasteiger partial charge in [-0.15, -0.1) is 11.3 Å². The van der Waals surface area contributed by atoms with E-state index < -0.39 is 0 Å². The second-order valence-corrected chi connectivity index (χ2v) is 9.01. The molecule has 4 aromatic rings. The highest BCUT2D eigenvalue weighted by molar-refractivity contribution is 7.12. The predicted octanol–water partition coefficient (Wildman–Crippen LogP) is 4.80. The van der Waals surface area contributed by atoms with Gasteiger partial charge in [0, 0.05) is 38.6 Å². The van der Waals surface area contributed by atoms with Crippen LogP contribution < -0.4 is 10.3 Å². The third-order valence-electron chi connectivity index (χ3n) is 5.80. The zero-order valence-corrected chi connectivity index (χ0v) is 18.4. The summed E-state index contributed by atoms with van der Waals surface area (Å²) in [5.74, 6) is 0.617. The summed E-state index contributed by atoms with van der Waals surface area (Å²) in [6, 6.07) is 13.6. The Kier molecular flexibility index (Phi) is 5.29. The molecule has 0 spiro atoms. The van der Waals surface area contributed by atoms with E-state index >= 15 is 0 Å². The number of aromatic nitrogens is 3. The third-order valence-corrected chi connectivity index (χ3v) is 6.91. The van der Waals surface area contributed by atoms with Crippen molar-refractivity contribution in [2.24, 2.45) is 0 Å². The van der Waals surface area contributed by atoms with Gasteiger partial charge in [-0.2, -0.15) is 0 Å². The smallest absolute Gasteiger partial charge is 0.226 e. The first-order valence-corrected chi connectivity index (χ1v) is 11.3. The van der Waals surface area contributed by atoms with Crippen LogP contribution in [0.15, 0.2) is 59.7 Å². The molecule has 5 rings (SSSR count). The van der Waals surface area contributed by atoms with Gasteiger partial charge in [-0.3, -0.25) is 4.79 Å². The first-order valence-electron chi connectivity index (χ1n) is 10.5. The minimum Gasteiger partial charge on any atom is -0.373 e. The number of aromatic amines is 1. The van der Waals surface area contributed by atoms with Crippen LogP contribution in [0.1, 0.15) is 47.3 Å². The Bertz CT molecular complexity index is 1270. The highest BCUT2D eigenvalue weighted by Gasteiger charge is 2.37. The molecule has 2 unspecified atom stereocenters. The number of H-pyrrole nitrogens is 1. The maximum atomic E-state index is 13.3. The van der Waals surface area contributed by atoms with Gasteiger partial charge in [-0.25, -0.2) is 9.97 Å². The molecular formula is C24H24N4O2S. The van der Waals surface area contributed by atoms with Gasteiger partial charge in [0.2, 0.25) is 5.95 Å². The second kappa shape index (κ2) is 8.24. The van der Waals surface area contributed by atoms with Crippen molar-refractivity contribution in [1.29, 1.82) is 0 Å². The summed E-state index contributed by atoms with van der Waals surface area (Å²) in [7, 11) is 0. The Morgan fingerprint density at radius 3 is 2.81 bits per heavy atom. The zero-order chi connectivity index (χ0) is 21.4. The highest BCUT2D eigenvalue weighted by atomic mass is 32.1. The predicted molar refractivity (Wildman–Crippen MR) is 123 cm³/mol. The van der Waals surface area contributed by atoms with Crippen LogP contribution in [-0.4, -0.2) is 21.1 Å². The zero-order valence-electron chi connectivity index (χ0n) is 17.5. The SMILES string of the molecule is CCC(C)OCc1ccc(C2c3[nH]c4ccccc4c(=O)c3CN2c2ncccn2)s1. The molecule has 0 aliphatic carbocycles. The molecule has 0 radical (unpaired) electrons. The first kappa shape index (κ1) is 19.9. The maximum absolute atomic E-state index is 13.3. The van der Waals surface area contributed by atoms with Crippen LogP contribution in [0, 0.1) is 0 Å². The van der Waals surface area contributed by atoms with Gasteiger partial charge in [0.15, 0.2) is 5.43 Å². The Balaban J connectivity index is 1.60. The van der Waals surface area contributed by atoms with Crippen LogP contribution in [-0.2, 0) is 17.9 Å². The van der Waals surface area contributed by atoms with E-state index in [-0.39, 0.29) is 17.6 Å². The molecule has 1 aliphatic heterocycles. The van der Waals surface area contributed by atoms with E-state index in [1.165, 1.54) is 4.88 Å². The van der Waals surface area contributed by atoms with Crippen LogP contribution in [0.3, 0.4) is 0 Å². The molecule has 2 atom stereocenters. The van der Waals surface area contributed by atoms with E-state index in [2.05, 4.69) is 45.8 Å². The van der Waals surface area contributed by atoms with E-state index in [0.717, 1.165) is 28.1 Å². The Hall–Kier alpha value is -3.03. The summed E-state index contributed by atoms with van der Waals surface area (Å²) >= 11 is 1.71. The van der Waals surface area contributed by atoms with Gasteiger partial charge in [0.1, 0.15) is 6.04 Å². The summed E-state index contributed by atoms with van der Waals surface area (Å²) in [5, 5.41) is 0.713. The fourth-order valence-electron chi connectivity index (χ4n) is 3.99. The molecule has 0 saturated carbocycles. The Morgan fingerprint density at radius 1 is 1.19 bits per heavy atom. The number of ether oxygens (including phenoxy) is 1. The Morgan fingerprint density at radius 2 is 2.00 bits per heavy atom. The number of nitrogens with zero attached hydrogens (tertiary/aromatic N) is 3. The molecule has 1 N–H and O–H groups in total. The molecule has 7 heteroatoms. The number of thiophene rings is 1. The highest BCUT2D eigenvalue weighted by Crippen LogP contribution is 2.41. The van der Waals surface area contributed by atoms with Crippen molar-refractivity contribution >= 4 is 28.2 Å². The van der Waals surface area contributed by atoms with Crippen LogP contribution in [0.25, 0.3) is 10.9 Å². The van der Waals surface area contributed by atoms with Crippen LogP contribution in [0.2, 0.25) is 0 Å². The lowest BCUT2D eigenvalue weighted by molar-refractivity contribution is 0.0525. The number of fused-ring (bicyclic) bond motifs is 2. The standard InChI is InChI=1S/C24H24N4O2S/c1-3-15(2)30-14-16-9-10-20(31-16)22-21-18(13-28(22)24-25-11-6-12-26-24)23(29)17-7-4-5-8-19(17)27-21/h4-12,15,22H,3,13-14H2,1-2H3,(H,27,29). The summed E-state index contributed by atoms with van der Waals surface area (Å²) in [4.78, 5) is 30.2. The van der Waals surface area contributed by atoms with Crippen molar-refractivity contribution < 1.29 is 4.74 Å². The Labute approximate surface area is 184 Å². The average molecular weight is 433 g/mol. The number of benzene rings is 1. The number of nitrogens with one attached hydrogen (secondary N) is 1. The lowest BCUT2D eigenvalue weighted by Gasteiger charge is -2.24. The number of hydrogen-bond donors (Lipinski definition) is 1. The van der Waals surface area contributed by atoms with Gasteiger partial charge >= 0.3 is 0 Å². The second-order valence-electron chi connectivity index (χ2n) is 7.81. The molecule has 0 fully saturated rings. The lowest BCUT2D eigenvalue weighted by Crippen LogP contribution is -2.24. The molecule has 0 amide bonds. The van der Waals surface area contributed by atoms with Crippen LogP contribution in [0.4, 0.5) is 5.95 Å². The fourth-order valence-corrected chi connectivity index (χ4v) is 5.04. The van der Waals surface area contributed by atoms with E-state index in [0.29, 0.717) is 24.5 Å². The lowest BCUT2D eigenvalue weighted by atomic mass is 10.1. The number of pyridine rings is 1. The van der Waals surface area contributed by atoms with Crippen molar-refractivity contribution in [3.05, 3.63) is 86.1 Å². The summed E-state index contributed by atoms with van der Waals surface area (Å²) < 4.78 is 5.93. The quantitative estimate of drug-likeness (QED) is 0.474. The molecule has 158 valence electrons. The monoisotopic (exact) mass is 432 g/mol. The molecule has 31 heavy (non-hydrogen) atoms. The molecule has 0 saturated heterocycles. The molecule has 6 nitrogen and oxygen atoms in total. The minimum absolute atomic E-state index is 0.0738. The fraction of sp³-hybridized carbons (Fsp3) is 0.292. The number of hydrogen-bond acceptors (Lipinski definition) is 6. The number of anilines is 1. The number of rotatable bonds is 6. The maximum Gasteiger partial charge on any atom is 0.226 e. The van der Waals surface area contributed by atoms with E-state index in [1.807, 2.05) is 24.3 Å². The molecule has 3 aromatic heterocycles. The topological polar surface area (TPSA) is 71.1 Å². The summed E-state index contributed by atoms with van der Waals surface area (Å²) in [6.07, 6.45) is 4.69. The largest absolute Gasteiger partial charge is 0.373 e. The number of para-hydroxylation sites is 1. The summed E-state index contributed by atoms with van der Waals surface area (Å²) in [5.41, 5.74) is 2.63. The van der Waals surface area contributed by atoms with Gasteiger partial charge in [0.25, 0.3) is 0 Å². The molecule has 0 bridgehead atoms. The van der Waals surface area contributed by atoms with Crippen molar-refractivity contribution in [1.82, 2.24) is 15.0 Å². The van der Waals surface area contributed by atoms with E-state index in [1.54, 1.807) is 29.8 Å². The van der Waals surface area contributed by atoms with E-state index in [4.69, 9.17) is 4.74 Å². The van der Waals surface area contributed by atoms with Gasteiger partial charge in [0.05, 0.1) is 24.9 Å². The van der Waals surface area contributed by atoms with Crippen LogP contribution >= 0.6 is 11.3 Å². The van der Waals surface area contributed by atoms with Gasteiger partial charge < -0.3 is 14.6 Å². The van der Waals surface area contributed by atoms with Crippen molar-refractivity contribution in [3.63, 3.8) is 0 Å². The van der Waals surface area contributed by atoms with Gasteiger partial charge in [-0.1, -0.05) is 19.1 Å². The molecule has 4 heterocycles. The van der Waals surface area contributed by atoms with Crippen LogP contribution in [0.5, 0.6) is 0 Å². The van der Waals surface area contributed by atoms with Crippen molar-refractivity contribution in [2.75, 3.05) is 4.90 Å². The average Bonchev–Trinajstić information content (AvgIpc) is 3.43. The molecule has 1 aliphatic rings. The van der Waals surface area contributed by atoms with Crippen molar-refractivity contribution in [2.45, 2.75) is 45.6 Å². The van der Waals surface area contributed by atoms with Gasteiger partial charge in [-0.05, 0) is 43.7 Å². The minimum atomic E-state index is -0.142. The summed E-state index contributed by atoms with van der Waals surface area (Å²) in [6.45, 7) is 5.28. The van der Waals surface area contributed by atoms with E-state index in [9.17, 15) is 4.79 Å². The molecular weight excluding hydrogens is 408 g/mol.